The lowest BCUT2D eigenvalue weighted by Crippen LogP contribution is -2.43. The Labute approximate surface area is 193 Å². The molecule has 0 spiro atoms. The number of hydrogen-bond donors (Lipinski definition) is 1. The first-order valence-corrected chi connectivity index (χ1v) is 10.9. The zero-order chi connectivity index (χ0) is 23.6. The monoisotopic (exact) mass is 445 g/mol. The van der Waals surface area contributed by atoms with Gasteiger partial charge in [0.2, 0.25) is 0 Å². The fourth-order valence-corrected chi connectivity index (χ4v) is 4.34. The fraction of sp³-hybridized carbons (Fsp3) is 0.259. The van der Waals surface area contributed by atoms with Crippen LogP contribution in [-0.4, -0.2) is 37.1 Å². The Morgan fingerprint density at radius 1 is 1.00 bits per heavy atom. The summed E-state index contributed by atoms with van der Waals surface area (Å²) in [5, 5.41) is 11.5. The van der Waals surface area contributed by atoms with Gasteiger partial charge in [-0.15, -0.1) is 0 Å². The van der Waals surface area contributed by atoms with Crippen molar-refractivity contribution in [2.24, 2.45) is 0 Å². The molecule has 6 nitrogen and oxygen atoms in total. The second kappa shape index (κ2) is 9.08. The Morgan fingerprint density at radius 3 is 2.42 bits per heavy atom. The summed E-state index contributed by atoms with van der Waals surface area (Å²) in [5.41, 5.74) is 1.48. The first-order valence-electron chi connectivity index (χ1n) is 10.9. The van der Waals surface area contributed by atoms with Crippen LogP contribution in [0.15, 0.2) is 66.7 Å². The second-order valence-electron chi connectivity index (χ2n) is 8.25. The van der Waals surface area contributed by atoms with E-state index in [9.17, 15) is 14.7 Å². The van der Waals surface area contributed by atoms with Crippen molar-refractivity contribution in [3.63, 3.8) is 0 Å². The van der Waals surface area contributed by atoms with Crippen LogP contribution < -0.4 is 14.4 Å². The van der Waals surface area contributed by atoms with E-state index in [0.717, 1.165) is 11.1 Å². The number of para-hydroxylation sites is 3. The first-order chi connectivity index (χ1) is 15.8. The number of aryl methyl sites for hydroxylation is 2. The third-order valence-corrected chi connectivity index (χ3v) is 5.98. The van der Waals surface area contributed by atoms with Crippen molar-refractivity contribution in [2.75, 3.05) is 25.2 Å². The zero-order valence-electron chi connectivity index (χ0n) is 19.0. The molecule has 4 rings (SSSR count). The molecule has 0 fully saturated rings. The van der Waals surface area contributed by atoms with Crippen LogP contribution in [0.4, 0.5) is 5.69 Å². The zero-order valence-corrected chi connectivity index (χ0v) is 19.0. The summed E-state index contributed by atoms with van der Waals surface area (Å²) in [4.78, 5) is 28.0. The highest BCUT2D eigenvalue weighted by molar-refractivity contribution is 6.11. The molecule has 0 bridgehead atoms. The predicted molar refractivity (Wildman–Crippen MR) is 126 cm³/mol. The Bertz CT molecular complexity index is 1200. The van der Waals surface area contributed by atoms with Gasteiger partial charge in [0.15, 0.2) is 22.9 Å². The van der Waals surface area contributed by atoms with E-state index >= 15 is 0 Å². The van der Waals surface area contributed by atoms with E-state index in [1.165, 1.54) is 4.90 Å². The molecular weight excluding hydrogens is 418 g/mol. The summed E-state index contributed by atoms with van der Waals surface area (Å²) >= 11 is 0. The summed E-state index contributed by atoms with van der Waals surface area (Å²) in [6.07, 6.45) is -0.323. The number of ketones is 1. The summed E-state index contributed by atoms with van der Waals surface area (Å²) in [6.45, 7) is 4.22. The maximum atomic E-state index is 13.4. The van der Waals surface area contributed by atoms with E-state index in [-0.39, 0.29) is 25.4 Å². The van der Waals surface area contributed by atoms with Crippen LogP contribution in [0.25, 0.3) is 0 Å². The maximum absolute atomic E-state index is 13.4. The third kappa shape index (κ3) is 4.22. The average molecular weight is 446 g/mol. The van der Waals surface area contributed by atoms with E-state index in [1.54, 1.807) is 49.6 Å². The summed E-state index contributed by atoms with van der Waals surface area (Å²) in [6, 6.07) is 19.8. The van der Waals surface area contributed by atoms with Gasteiger partial charge in [0.25, 0.3) is 5.91 Å². The predicted octanol–water partition coefficient (Wildman–Crippen LogP) is 4.20. The first kappa shape index (κ1) is 22.6. The molecule has 1 heterocycles. The highest BCUT2D eigenvalue weighted by Crippen LogP contribution is 2.43. The van der Waals surface area contributed by atoms with Crippen molar-refractivity contribution in [3.05, 3.63) is 89.0 Å². The number of carbonyl (C=O) groups excluding carboxylic acids is 2. The number of ether oxygens (including phenoxy) is 2. The minimum absolute atomic E-state index is 0.196. The highest BCUT2D eigenvalue weighted by Gasteiger charge is 2.50. The van der Waals surface area contributed by atoms with Crippen LogP contribution in [0.2, 0.25) is 0 Å². The van der Waals surface area contributed by atoms with Crippen LogP contribution in [0.5, 0.6) is 11.5 Å². The van der Waals surface area contributed by atoms with Crippen molar-refractivity contribution in [1.82, 2.24) is 0 Å². The normalized spacial score (nSPS) is 17.1. The highest BCUT2D eigenvalue weighted by atomic mass is 16.5. The number of fused-ring (bicyclic) bond motifs is 1. The average Bonchev–Trinajstić information content (AvgIpc) is 3.01. The van der Waals surface area contributed by atoms with Crippen LogP contribution in [0.3, 0.4) is 0 Å². The van der Waals surface area contributed by atoms with Crippen molar-refractivity contribution in [3.8, 4) is 11.5 Å². The molecular formula is C27H27NO5. The number of aliphatic hydroxyl groups is 1. The van der Waals surface area contributed by atoms with Gasteiger partial charge < -0.3 is 19.5 Å². The number of hydrogen-bond acceptors (Lipinski definition) is 5. The quantitative estimate of drug-likeness (QED) is 0.526. The van der Waals surface area contributed by atoms with E-state index in [4.69, 9.17) is 9.47 Å². The molecule has 1 aliphatic heterocycles. The molecule has 3 aromatic rings. The van der Waals surface area contributed by atoms with Crippen LogP contribution in [0, 0.1) is 13.8 Å². The van der Waals surface area contributed by atoms with E-state index in [1.807, 2.05) is 38.1 Å². The fourth-order valence-electron chi connectivity index (χ4n) is 4.34. The van der Waals surface area contributed by atoms with Gasteiger partial charge in [0, 0.05) is 11.1 Å². The maximum Gasteiger partial charge on any atom is 0.264 e. The number of benzene rings is 3. The van der Waals surface area contributed by atoms with Gasteiger partial charge in [-0.25, -0.2) is 0 Å². The molecule has 6 heteroatoms. The standard InChI is InChI=1S/C27H27NO5/c1-18-12-13-20(19(2)16-18)23(29)17-27(31)21-8-4-5-9-22(21)28(26(27)30)14-15-33-25-11-7-6-10-24(25)32-3/h4-13,16,31H,14-15,17H2,1-3H3/t27-/m0/s1. The lowest BCUT2D eigenvalue weighted by atomic mass is 9.87. The smallest absolute Gasteiger partial charge is 0.264 e. The van der Waals surface area contributed by atoms with Gasteiger partial charge in [-0.05, 0) is 37.6 Å². The molecule has 0 aliphatic carbocycles. The molecule has 1 atom stereocenters. The number of rotatable bonds is 8. The van der Waals surface area contributed by atoms with Crippen molar-refractivity contribution >= 4 is 17.4 Å². The van der Waals surface area contributed by atoms with Gasteiger partial charge in [-0.1, -0.05) is 54.1 Å². The molecule has 1 aliphatic rings. The van der Waals surface area contributed by atoms with E-state index in [2.05, 4.69) is 0 Å². The second-order valence-corrected chi connectivity index (χ2v) is 8.25. The van der Waals surface area contributed by atoms with Crippen LogP contribution >= 0.6 is 0 Å². The molecule has 0 radical (unpaired) electrons. The lowest BCUT2D eigenvalue weighted by Gasteiger charge is -2.23. The molecule has 1 N–H and O–H groups in total. The number of methoxy groups -OCH3 is 1. The minimum Gasteiger partial charge on any atom is -0.493 e. The topological polar surface area (TPSA) is 76.1 Å². The van der Waals surface area contributed by atoms with Gasteiger partial charge in [0.05, 0.1) is 25.8 Å². The van der Waals surface area contributed by atoms with Crippen molar-refractivity contribution in [1.29, 1.82) is 0 Å². The summed E-state index contributed by atoms with van der Waals surface area (Å²) in [5.74, 6) is 0.372. The summed E-state index contributed by atoms with van der Waals surface area (Å²) < 4.78 is 11.1. The van der Waals surface area contributed by atoms with Gasteiger partial charge in [-0.2, -0.15) is 0 Å². The molecule has 0 aromatic heterocycles. The third-order valence-electron chi connectivity index (χ3n) is 5.98. The number of carbonyl (C=O) groups is 2. The Kier molecular flexibility index (Phi) is 6.20. The lowest BCUT2D eigenvalue weighted by molar-refractivity contribution is -0.135. The summed E-state index contributed by atoms with van der Waals surface area (Å²) in [7, 11) is 1.56. The number of anilines is 1. The van der Waals surface area contributed by atoms with Crippen molar-refractivity contribution < 1.29 is 24.2 Å². The Hall–Kier alpha value is -3.64. The number of amides is 1. The molecule has 3 aromatic carbocycles. The molecule has 1 amide bonds. The number of nitrogens with zero attached hydrogens (tertiary/aromatic N) is 1. The van der Waals surface area contributed by atoms with Crippen molar-refractivity contribution in [2.45, 2.75) is 25.9 Å². The largest absolute Gasteiger partial charge is 0.493 e. The Balaban J connectivity index is 1.55. The molecule has 0 unspecified atom stereocenters. The van der Waals surface area contributed by atoms with Crippen LogP contribution in [-0.2, 0) is 10.4 Å². The van der Waals surface area contributed by atoms with Gasteiger partial charge >= 0.3 is 0 Å². The SMILES string of the molecule is COc1ccccc1OCCN1C(=O)[C@](O)(CC(=O)c2ccc(C)cc2C)c2ccccc21. The molecule has 170 valence electrons. The Morgan fingerprint density at radius 2 is 1.70 bits per heavy atom. The van der Waals surface area contributed by atoms with E-state index < -0.39 is 11.5 Å². The minimum atomic E-state index is -1.92. The molecule has 33 heavy (non-hydrogen) atoms. The van der Waals surface area contributed by atoms with Crippen LogP contribution in [0.1, 0.15) is 33.5 Å². The van der Waals surface area contributed by atoms with E-state index in [0.29, 0.717) is 28.3 Å². The van der Waals surface area contributed by atoms with Gasteiger partial charge in [0.1, 0.15) is 6.61 Å². The van der Waals surface area contributed by atoms with Gasteiger partial charge in [-0.3, -0.25) is 9.59 Å². The molecule has 0 saturated carbocycles. The number of Topliss-reactive ketones (excluding diaryl/α,β-unsaturated/α-hetero) is 1. The molecule has 0 saturated heterocycles.